The van der Waals surface area contributed by atoms with Gasteiger partial charge in [-0.25, -0.2) is 15.0 Å². The van der Waals surface area contributed by atoms with Crippen molar-refractivity contribution in [2.45, 2.75) is 25.2 Å². The first-order chi connectivity index (χ1) is 30.7. The summed E-state index contributed by atoms with van der Waals surface area (Å²) in [4.78, 5) is 15.1. The number of aryl methyl sites for hydroxylation is 1. The third-order valence-corrected chi connectivity index (χ3v) is 12.6. The van der Waals surface area contributed by atoms with Gasteiger partial charge in [-0.15, -0.1) is 0 Å². The summed E-state index contributed by atoms with van der Waals surface area (Å²) < 4.78 is 4.90. The molecule has 10 aromatic rings. The Labute approximate surface area is 360 Å². The van der Waals surface area contributed by atoms with E-state index >= 15 is 0 Å². The zero-order chi connectivity index (χ0) is 41.0. The Morgan fingerprint density at radius 3 is 1.94 bits per heavy atom. The van der Waals surface area contributed by atoms with Crippen molar-refractivity contribution in [2.24, 2.45) is 0 Å². The highest BCUT2D eigenvalue weighted by Crippen LogP contribution is 2.42. The maximum Gasteiger partial charge on any atom is 0.164 e. The molecule has 0 aliphatic heterocycles. The van der Waals surface area contributed by atoms with Crippen LogP contribution in [0.25, 0.3) is 89.6 Å². The highest BCUT2D eigenvalue weighted by molar-refractivity contribution is 6.10. The number of rotatable bonds is 7. The Bertz CT molecular complexity index is 3370. The first-order valence-electron chi connectivity index (χ1n) is 21.5. The summed E-state index contributed by atoms with van der Waals surface area (Å²) in [6, 6.07) is 62.9. The molecule has 0 N–H and O–H groups in total. The average molecular weight is 796 g/mol. The van der Waals surface area contributed by atoms with Crippen molar-refractivity contribution < 1.29 is 0 Å². The highest BCUT2D eigenvalue weighted by Gasteiger charge is 2.24. The number of para-hydroxylation sites is 2. The number of aromatic nitrogens is 5. The second-order valence-corrected chi connectivity index (χ2v) is 16.3. The van der Waals surface area contributed by atoms with Crippen LogP contribution in [-0.2, 0) is 6.42 Å². The van der Waals surface area contributed by atoms with Crippen molar-refractivity contribution >= 4 is 44.4 Å². The van der Waals surface area contributed by atoms with Crippen LogP contribution in [0.5, 0.6) is 0 Å². The van der Waals surface area contributed by atoms with Crippen molar-refractivity contribution in [3.8, 4) is 45.3 Å². The van der Waals surface area contributed by atoms with E-state index in [0.29, 0.717) is 17.5 Å². The molecule has 0 saturated heterocycles. The van der Waals surface area contributed by atoms with Crippen molar-refractivity contribution in [3.05, 3.63) is 223 Å². The second kappa shape index (κ2) is 15.0. The van der Waals surface area contributed by atoms with Gasteiger partial charge in [0.1, 0.15) is 0 Å². The number of hydrogen-bond donors (Lipinski definition) is 0. The Morgan fingerprint density at radius 1 is 0.500 bits per heavy atom. The number of hydrogen-bond acceptors (Lipinski definition) is 3. The molecule has 1 unspecified atom stereocenters. The monoisotopic (exact) mass is 795 g/mol. The summed E-state index contributed by atoms with van der Waals surface area (Å²) in [6.07, 6.45) is 14.1. The van der Waals surface area contributed by atoms with Crippen LogP contribution in [0, 0.1) is 0 Å². The molecule has 2 aliphatic carbocycles. The molecule has 294 valence electrons. The van der Waals surface area contributed by atoms with E-state index in [1.165, 1.54) is 66.3 Å². The predicted molar refractivity (Wildman–Crippen MR) is 256 cm³/mol. The summed E-state index contributed by atoms with van der Waals surface area (Å²) in [5.74, 6) is 2.21. The van der Waals surface area contributed by atoms with Crippen LogP contribution in [0.1, 0.15) is 41.4 Å². The Hall–Kier alpha value is -7.89. The fourth-order valence-electron chi connectivity index (χ4n) is 9.72. The molecule has 7 aromatic carbocycles. The van der Waals surface area contributed by atoms with E-state index < -0.39 is 0 Å². The minimum absolute atomic E-state index is 0.140. The molecule has 3 heterocycles. The van der Waals surface area contributed by atoms with Crippen LogP contribution < -0.4 is 0 Å². The van der Waals surface area contributed by atoms with Gasteiger partial charge in [-0.05, 0) is 95.6 Å². The largest absolute Gasteiger partial charge is 0.310 e. The Kier molecular flexibility index (Phi) is 8.70. The Balaban J connectivity index is 0.952. The van der Waals surface area contributed by atoms with Crippen LogP contribution in [0.2, 0.25) is 0 Å². The molecule has 12 rings (SSSR count). The van der Waals surface area contributed by atoms with E-state index in [9.17, 15) is 0 Å². The van der Waals surface area contributed by atoms with Crippen LogP contribution in [-0.4, -0.2) is 24.1 Å². The summed E-state index contributed by atoms with van der Waals surface area (Å²) in [7, 11) is 0. The molecule has 62 heavy (non-hydrogen) atoms. The molecule has 5 nitrogen and oxygen atoms in total. The quantitative estimate of drug-likeness (QED) is 0.161. The maximum atomic E-state index is 5.07. The molecule has 0 spiro atoms. The summed E-state index contributed by atoms with van der Waals surface area (Å²) >= 11 is 0. The first-order valence-corrected chi connectivity index (χ1v) is 21.5. The zero-order valence-corrected chi connectivity index (χ0v) is 34.1. The molecular formula is C57H41N5. The lowest BCUT2D eigenvalue weighted by atomic mass is 9.87. The molecule has 0 saturated carbocycles. The van der Waals surface area contributed by atoms with Crippen LogP contribution >= 0.6 is 0 Å². The SMILES string of the molecule is C1=CC(c2ccc3c4ccccc4n(-c4cccc(-c5cccc6c5c5c(n6-c6ccccc6)C=CCC5)c4)c3c2)CC(c2nc(-c3ccccc3)nc(-c3ccccc3)n2)=C1. The normalized spacial score (nSPS) is 14.7. The smallest absolute Gasteiger partial charge is 0.164 e. The molecule has 0 radical (unpaired) electrons. The van der Waals surface area contributed by atoms with E-state index in [4.69, 9.17) is 15.0 Å². The van der Waals surface area contributed by atoms with Gasteiger partial charge in [0, 0.05) is 50.3 Å². The molecule has 3 aromatic heterocycles. The van der Waals surface area contributed by atoms with Gasteiger partial charge < -0.3 is 9.13 Å². The maximum absolute atomic E-state index is 5.07. The third kappa shape index (κ3) is 6.12. The molecule has 2 aliphatic rings. The number of allylic oxidation sites excluding steroid dienone is 5. The fourth-order valence-corrected chi connectivity index (χ4v) is 9.72. The van der Waals surface area contributed by atoms with E-state index in [0.717, 1.165) is 41.6 Å². The van der Waals surface area contributed by atoms with E-state index in [2.05, 4.69) is 179 Å². The molecule has 0 amide bonds. The third-order valence-electron chi connectivity index (χ3n) is 12.6. The molecule has 1 atom stereocenters. The molecular weight excluding hydrogens is 755 g/mol. The van der Waals surface area contributed by atoms with Crippen molar-refractivity contribution in [2.75, 3.05) is 0 Å². The minimum Gasteiger partial charge on any atom is -0.310 e. The second-order valence-electron chi connectivity index (χ2n) is 16.3. The topological polar surface area (TPSA) is 48.5 Å². The van der Waals surface area contributed by atoms with Gasteiger partial charge in [0.25, 0.3) is 0 Å². The van der Waals surface area contributed by atoms with Crippen molar-refractivity contribution in [1.82, 2.24) is 24.1 Å². The van der Waals surface area contributed by atoms with Gasteiger partial charge in [-0.2, -0.15) is 0 Å². The van der Waals surface area contributed by atoms with Crippen LogP contribution in [0.4, 0.5) is 0 Å². The predicted octanol–water partition coefficient (Wildman–Crippen LogP) is 14.0. The first kappa shape index (κ1) is 36.0. The van der Waals surface area contributed by atoms with E-state index in [1.54, 1.807) is 0 Å². The lowest BCUT2D eigenvalue weighted by molar-refractivity contribution is 0.854. The van der Waals surface area contributed by atoms with Crippen LogP contribution in [0.3, 0.4) is 0 Å². The summed E-state index contributed by atoms with van der Waals surface area (Å²) in [6.45, 7) is 0. The summed E-state index contributed by atoms with van der Waals surface area (Å²) in [5.41, 5.74) is 15.4. The molecule has 5 heteroatoms. The minimum atomic E-state index is 0.140. The van der Waals surface area contributed by atoms with Gasteiger partial charge >= 0.3 is 0 Å². The van der Waals surface area contributed by atoms with Crippen molar-refractivity contribution in [3.63, 3.8) is 0 Å². The van der Waals surface area contributed by atoms with Gasteiger partial charge in [0.2, 0.25) is 0 Å². The standard InChI is InChI=1S/C57H41N5/c1-4-17-38(18-5-1)55-58-56(39-19-6-2-7-20-39)60-57(59-55)43-23-14-21-40(35-43)41-33-34-48-47-27-10-12-30-50(47)62(53(48)37-41)45-26-15-22-42(36-45)46-29-16-32-52-54(46)49-28-11-13-31-51(49)61(52)44-24-8-3-9-25-44/h1-10,12-27,29-34,36-37,40H,11,28,35H2. The Morgan fingerprint density at radius 2 is 1.15 bits per heavy atom. The van der Waals surface area contributed by atoms with Gasteiger partial charge in [0.15, 0.2) is 17.5 Å². The van der Waals surface area contributed by atoms with Gasteiger partial charge in [-0.1, -0.05) is 158 Å². The van der Waals surface area contributed by atoms with Gasteiger partial charge in [0.05, 0.1) is 16.6 Å². The van der Waals surface area contributed by atoms with Crippen molar-refractivity contribution in [1.29, 1.82) is 0 Å². The van der Waals surface area contributed by atoms with E-state index in [-0.39, 0.29) is 5.92 Å². The number of fused-ring (bicyclic) bond motifs is 6. The fraction of sp³-hybridized carbons (Fsp3) is 0.0702. The lowest BCUT2D eigenvalue weighted by Crippen LogP contribution is -2.07. The highest BCUT2D eigenvalue weighted by atomic mass is 15.0. The average Bonchev–Trinajstić information content (AvgIpc) is 3.87. The lowest BCUT2D eigenvalue weighted by Gasteiger charge is -2.20. The summed E-state index contributed by atoms with van der Waals surface area (Å²) in [5, 5.41) is 3.83. The number of benzene rings is 7. The van der Waals surface area contributed by atoms with Crippen LogP contribution in [0.15, 0.2) is 200 Å². The molecule has 0 bridgehead atoms. The zero-order valence-electron chi connectivity index (χ0n) is 34.1. The number of nitrogens with zero attached hydrogens (tertiary/aromatic N) is 5. The van der Waals surface area contributed by atoms with E-state index in [1.807, 2.05) is 36.4 Å². The van der Waals surface area contributed by atoms with Gasteiger partial charge in [-0.3, -0.25) is 0 Å². The molecule has 0 fully saturated rings.